The Labute approximate surface area is 171 Å². The molecule has 9 nitrogen and oxygen atoms in total. The normalized spacial score (nSPS) is 34.4. The van der Waals surface area contributed by atoms with Gasteiger partial charge in [0.15, 0.2) is 0 Å². The number of nitrogens with one attached hydrogen (secondary N) is 1. The molecule has 4 rings (SSSR count). The van der Waals surface area contributed by atoms with Gasteiger partial charge in [-0.05, 0) is 50.4 Å². The van der Waals surface area contributed by atoms with Gasteiger partial charge in [-0.1, -0.05) is 0 Å². The number of ether oxygens (including phenoxy) is 1. The molecule has 4 fully saturated rings. The van der Waals surface area contributed by atoms with Crippen LogP contribution in [0.1, 0.15) is 38.5 Å². The van der Waals surface area contributed by atoms with Crippen LogP contribution in [0.2, 0.25) is 0 Å². The van der Waals surface area contributed by atoms with Gasteiger partial charge in [-0.2, -0.15) is 17.2 Å². The summed E-state index contributed by atoms with van der Waals surface area (Å²) in [4.78, 5) is 25.4. The van der Waals surface area contributed by atoms with Crippen molar-refractivity contribution in [3.63, 3.8) is 0 Å². The van der Waals surface area contributed by atoms with Crippen LogP contribution in [0.3, 0.4) is 0 Å². The predicted octanol–water partition coefficient (Wildman–Crippen LogP) is 1.01. The van der Waals surface area contributed by atoms with Gasteiger partial charge in [0.1, 0.15) is 6.61 Å². The quantitative estimate of drug-likeness (QED) is 0.408. The third-order valence-electron chi connectivity index (χ3n) is 6.32. The largest absolute Gasteiger partial charge is 0.462 e. The van der Waals surface area contributed by atoms with Gasteiger partial charge >= 0.3 is 21.3 Å². The van der Waals surface area contributed by atoms with Crippen LogP contribution in [-0.2, 0) is 34.5 Å². The SMILES string of the molecule is CS(=O)(=O)NC(=O)C12CC3CC(C1)CC(C(=O)OCC(F)C(F)(F)S(=O)(=O)O)(C3)C2. The molecule has 0 heterocycles. The Balaban J connectivity index is 1.77. The molecule has 0 aromatic heterocycles. The molecule has 0 aromatic rings. The first kappa shape index (κ1) is 23.3. The van der Waals surface area contributed by atoms with Crippen LogP contribution >= 0.6 is 0 Å². The van der Waals surface area contributed by atoms with Gasteiger partial charge in [-0.25, -0.2) is 12.8 Å². The molecule has 1 amide bonds. The molecular weight excluding hydrogens is 455 g/mol. The van der Waals surface area contributed by atoms with Crippen molar-refractivity contribution < 1.29 is 48.9 Å². The zero-order chi connectivity index (χ0) is 22.8. The Bertz CT molecular complexity index is 951. The number of sulfonamides is 1. The van der Waals surface area contributed by atoms with E-state index in [2.05, 4.69) is 4.74 Å². The smallest absolute Gasteiger partial charge is 0.403 e. The van der Waals surface area contributed by atoms with Gasteiger partial charge < -0.3 is 4.74 Å². The number of halogens is 3. The first-order valence-corrected chi connectivity index (χ1v) is 12.5. The highest BCUT2D eigenvalue weighted by atomic mass is 32.2. The number of carbonyl (C=O) groups excluding carboxylic acids is 2. The standard InChI is InChI=1S/C16H22F3NO8S2/c1-29(23,24)20-12(21)14-3-9-2-10(4-14)6-15(5-9,8-14)13(22)28-7-11(17)16(18,19)30(25,26)27/h9-11H,2-8H2,1H3,(H,20,21)(H,25,26,27). The zero-order valence-corrected chi connectivity index (χ0v) is 17.6. The number of carbonyl (C=O) groups is 2. The van der Waals surface area contributed by atoms with E-state index in [0.29, 0.717) is 12.8 Å². The Morgan fingerprint density at radius 2 is 1.63 bits per heavy atom. The number of hydrogen-bond donors (Lipinski definition) is 2. The van der Waals surface area contributed by atoms with Gasteiger partial charge in [-0.3, -0.25) is 18.9 Å². The predicted molar refractivity (Wildman–Crippen MR) is 94.9 cm³/mol. The molecule has 3 unspecified atom stereocenters. The summed E-state index contributed by atoms with van der Waals surface area (Å²) in [6.07, 6.45) is -0.712. The summed E-state index contributed by atoms with van der Waals surface area (Å²) < 4.78 is 99.7. The lowest BCUT2D eigenvalue weighted by molar-refractivity contribution is -0.186. The molecule has 0 aliphatic heterocycles. The summed E-state index contributed by atoms with van der Waals surface area (Å²) in [5, 5.41) is -5.15. The number of alkyl halides is 3. The van der Waals surface area contributed by atoms with Crippen LogP contribution in [-0.4, -0.2) is 57.6 Å². The van der Waals surface area contributed by atoms with Crippen molar-refractivity contribution >= 4 is 32.0 Å². The van der Waals surface area contributed by atoms with E-state index in [4.69, 9.17) is 4.55 Å². The van der Waals surface area contributed by atoms with E-state index in [1.165, 1.54) is 0 Å². The molecule has 0 saturated heterocycles. The van der Waals surface area contributed by atoms with Gasteiger partial charge in [-0.15, -0.1) is 0 Å². The van der Waals surface area contributed by atoms with Crippen LogP contribution < -0.4 is 4.72 Å². The molecule has 30 heavy (non-hydrogen) atoms. The highest BCUT2D eigenvalue weighted by Crippen LogP contribution is 2.65. The summed E-state index contributed by atoms with van der Waals surface area (Å²) in [7, 11) is -9.88. The fourth-order valence-corrected chi connectivity index (χ4v) is 6.55. The molecule has 0 aromatic carbocycles. The lowest BCUT2D eigenvalue weighted by Crippen LogP contribution is -2.60. The first-order chi connectivity index (χ1) is 13.5. The molecule has 4 saturated carbocycles. The lowest BCUT2D eigenvalue weighted by Gasteiger charge is -2.59. The van der Waals surface area contributed by atoms with Gasteiger partial charge in [0.25, 0.3) is 0 Å². The molecule has 0 spiro atoms. The van der Waals surface area contributed by atoms with E-state index >= 15 is 0 Å². The average Bonchev–Trinajstić information content (AvgIpc) is 2.55. The molecule has 4 aliphatic rings. The van der Waals surface area contributed by atoms with Crippen molar-refractivity contribution in [1.82, 2.24) is 4.72 Å². The van der Waals surface area contributed by atoms with Crippen LogP contribution in [0, 0.1) is 22.7 Å². The monoisotopic (exact) mass is 477 g/mol. The Morgan fingerprint density at radius 1 is 1.13 bits per heavy atom. The Morgan fingerprint density at radius 3 is 2.10 bits per heavy atom. The minimum atomic E-state index is -6.04. The molecule has 2 N–H and O–H groups in total. The average molecular weight is 477 g/mol. The number of hydrogen-bond acceptors (Lipinski definition) is 7. The summed E-state index contributed by atoms with van der Waals surface area (Å²) in [6.45, 7) is -1.59. The van der Waals surface area contributed by atoms with E-state index in [1.54, 1.807) is 0 Å². The van der Waals surface area contributed by atoms with Crippen LogP contribution in [0.4, 0.5) is 13.2 Å². The molecule has 172 valence electrons. The Kier molecular flexibility index (Phi) is 5.47. The van der Waals surface area contributed by atoms with E-state index < -0.39 is 60.9 Å². The third kappa shape index (κ3) is 4.05. The molecule has 0 radical (unpaired) electrons. The first-order valence-electron chi connectivity index (χ1n) is 9.18. The fraction of sp³-hybridized carbons (Fsp3) is 0.875. The van der Waals surface area contributed by atoms with E-state index in [1.807, 2.05) is 4.72 Å². The second kappa shape index (κ2) is 7.05. The summed E-state index contributed by atoms with van der Waals surface area (Å²) in [6, 6.07) is 0. The number of rotatable bonds is 7. The third-order valence-corrected chi connectivity index (χ3v) is 7.82. The lowest BCUT2D eigenvalue weighted by atomic mass is 9.44. The van der Waals surface area contributed by atoms with Crippen molar-refractivity contribution in [2.24, 2.45) is 22.7 Å². The highest BCUT2D eigenvalue weighted by molar-refractivity contribution is 7.89. The van der Waals surface area contributed by atoms with Crippen molar-refractivity contribution in [2.45, 2.75) is 50.0 Å². The second-order valence-corrected chi connectivity index (χ2v) is 12.1. The number of amides is 1. The van der Waals surface area contributed by atoms with Crippen molar-refractivity contribution in [3.8, 4) is 0 Å². The molecule has 3 atom stereocenters. The number of esters is 1. The summed E-state index contributed by atoms with van der Waals surface area (Å²) >= 11 is 0. The molecular formula is C16H22F3NO8S2. The highest BCUT2D eigenvalue weighted by Gasteiger charge is 2.64. The minimum Gasteiger partial charge on any atom is -0.462 e. The van der Waals surface area contributed by atoms with Crippen LogP contribution in [0.5, 0.6) is 0 Å². The summed E-state index contributed by atoms with van der Waals surface area (Å²) in [5.41, 5.74) is -2.41. The Hall–Kier alpha value is -1.41. The minimum absolute atomic E-state index is 0.0706. The molecule has 4 bridgehead atoms. The van der Waals surface area contributed by atoms with Gasteiger partial charge in [0.2, 0.25) is 22.1 Å². The maximum atomic E-state index is 13.7. The van der Waals surface area contributed by atoms with Crippen molar-refractivity contribution in [2.75, 3.05) is 12.9 Å². The topological polar surface area (TPSA) is 144 Å². The fourth-order valence-electron chi connectivity index (χ4n) is 5.60. The van der Waals surface area contributed by atoms with Crippen molar-refractivity contribution in [1.29, 1.82) is 0 Å². The molecule has 14 heteroatoms. The molecule has 4 aliphatic carbocycles. The van der Waals surface area contributed by atoms with E-state index in [0.717, 1.165) is 12.7 Å². The van der Waals surface area contributed by atoms with Crippen molar-refractivity contribution in [3.05, 3.63) is 0 Å². The summed E-state index contributed by atoms with van der Waals surface area (Å²) in [5.74, 6) is -1.96. The van der Waals surface area contributed by atoms with E-state index in [-0.39, 0.29) is 31.1 Å². The van der Waals surface area contributed by atoms with Gasteiger partial charge in [0.05, 0.1) is 17.1 Å². The maximum absolute atomic E-state index is 13.7. The van der Waals surface area contributed by atoms with Crippen LogP contribution in [0.15, 0.2) is 0 Å². The van der Waals surface area contributed by atoms with Crippen LogP contribution in [0.25, 0.3) is 0 Å². The maximum Gasteiger partial charge on any atom is 0.403 e. The second-order valence-electron chi connectivity index (χ2n) is 8.83. The van der Waals surface area contributed by atoms with Gasteiger partial charge in [0, 0.05) is 0 Å². The van der Waals surface area contributed by atoms with E-state index in [9.17, 15) is 39.6 Å². The zero-order valence-electron chi connectivity index (χ0n) is 15.9.